The summed E-state index contributed by atoms with van der Waals surface area (Å²) in [6, 6.07) is 15.2. The molecule has 6 heteroatoms. The smallest absolute Gasteiger partial charge is 0.242 e. The molecular weight excluding hydrogens is 416 g/mol. The van der Waals surface area contributed by atoms with Crippen LogP contribution in [0.25, 0.3) is 0 Å². The second-order valence-electron chi connectivity index (χ2n) is 7.22. The molecule has 1 N–H and O–H groups in total. The molecule has 0 fully saturated rings. The molecule has 0 saturated carbocycles. The molecule has 0 aliphatic carbocycles. The highest BCUT2D eigenvalue weighted by Gasteiger charge is 2.28. The fraction of sp³-hybridized carbons (Fsp3) is 0.417. The minimum absolute atomic E-state index is 0.00165. The van der Waals surface area contributed by atoms with Crippen molar-refractivity contribution in [2.45, 2.75) is 57.5 Å². The molecule has 0 radical (unpaired) electrons. The van der Waals surface area contributed by atoms with Crippen LogP contribution in [-0.2, 0) is 16.1 Å². The summed E-state index contributed by atoms with van der Waals surface area (Å²) in [5, 5.41) is 3.65. The maximum Gasteiger partial charge on any atom is 0.242 e. The number of hydrogen-bond acceptors (Lipinski definition) is 3. The number of halogens is 1. The molecule has 0 aliphatic heterocycles. The Balaban J connectivity index is 2.11. The number of carbonyl (C=O) groups is 2. The van der Waals surface area contributed by atoms with Gasteiger partial charge in [-0.25, -0.2) is 0 Å². The van der Waals surface area contributed by atoms with E-state index in [1.807, 2.05) is 69.3 Å². The largest absolute Gasteiger partial charge is 0.354 e. The molecule has 1 atom stereocenters. The van der Waals surface area contributed by atoms with Crippen molar-refractivity contribution in [2.75, 3.05) is 12.3 Å². The van der Waals surface area contributed by atoms with Gasteiger partial charge >= 0.3 is 0 Å². The van der Waals surface area contributed by atoms with E-state index in [0.717, 1.165) is 22.4 Å². The first-order valence-corrected chi connectivity index (χ1v) is 11.8. The quantitative estimate of drug-likeness (QED) is 0.466. The summed E-state index contributed by atoms with van der Waals surface area (Å²) in [6.45, 7) is 7.07. The van der Waals surface area contributed by atoms with Crippen molar-refractivity contribution in [2.24, 2.45) is 0 Å². The maximum absolute atomic E-state index is 13.2. The van der Waals surface area contributed by atoms with Crippen LogP contribution in [0, 0.1) is 6.92 Å². The highest BCUT2D eigenvalue weighted by molar-refractivity contribution is 7.99. The number of amides is 2. The lowest BCUT2D eigenvalue weighted by Gasteiger charge is -2.31. The average Bonchev–Trinajstić information content (AvgIpc) is 2.74. The number of aryl methyl sites for hydroxylation is 1. The second kappa shape index (κ2) is 12.7. The summed E-state index contributed by atoms with van der Waals surface area (Å²) < 4.78 is 0. The number of thioether (sulfide) groups is 1. The molecule has 30 heavy (non-hydrogen) atoms. The van der Waals surface area contributed by atoms with Crippen molar-refractivity contribution in [1.82, 2.24) is 10.2 Å². The van der Waals surface area contributed by atoms with Gasteiger partial charge in [0.15, 0.2) is 0 Å². The molecule has 2 amide bonds. The molecule has 2 rings (SSSR count). The number of carbonyl (C=O) groups excluding carboxylic acids is 2. The molecule has 0 heterocycles. The topological polar surface area (TPSA) is 49.4 Å². The van der Waals surface area contributed by atoms with E-state index in [2.05, 4.69) is 5.32 Å². The highest BCUT2D eigenvalue weighted by Crippen LogP contribution is 2.22. The Morgan fingerprint density at radius 1 is 1.10 bits per heavy atom. The minimum Gasteiger partial charge on any atom is -0.354 e. The van der Waals surface area contributed by atoms with Crippen LogP contribution in [0.3, 0.4) is 0 Å². The molecule has 2 aromatic rings. The van der Waals surface area contributed by atoms with Gasteiger partial charge in [0.1, 0.15) is 6.04 Å². The maximum atomic E-state index is 13.2. The standard InChI is InChI=1S/C24H31ClN2O2S/c1-4-15-26-24(29)22(5-2)27(17-19-9-7-6-8-18(19)3)23(28)14-16-30-21-12-10-20(25)11-13-21/h6-13,22H,4-5,14-17H2,1-3H3,(H,26,29)/t22-/m0/s1. The molecule has 0 bridgehead atoms. The third-order valence-electron chi connectivity index (χ3n) is 4.94. The second-order valence-corrected chi connectivity index (χ2v) is 8.82. The zero-order valence-corrected chi connectivity index (χ0v) is 19.6. The summed E-state index contributed by atoms with van der Waals surface area (Å²) in [4.78, 5) is 28.8. The van der Waals surface area contributed by atoms with E-state index in [4.69, 9.17) is 11.6 Å². The van der Waals surface area contributed by atoms with Crippen LogP contribution < -0.4 is 5.32 Å². The van der Waals surface area contributed by atoms with Crippen LogP contribution in [0.15, 0.2) is 53.4 Å². The number of hydrogen-bond donors (Lipinski definition) is 1. The molecule has 0 unspecified atom stereocenters. The van der Waals surface area contributed by atoms with Gasteiger partial charge < -0.3 is 10.2 Å². The number of nitrogens with zero attached hydrogens (tertiary/aromatic N) is 1. The molecule has 2 aromatic carbocycles. The average molecular weight is 447 g/mol. The molecule has 0 saturated heterocycles. The molecule has 0 spiro atoms. The van der Waals surface area contributed by atoms with Crippen molar-refractivity contribution in [3.05, 3.63) is 64.7 Å². The zero-order chi connectivity index (χ0) is 21.9. The van der Waals surface area contributed by atoms with Gasteiger partial charge in [-0.15, -0.1) is 11.8 Å². The van der Waals surface area contributed by atoms with Crippen molar-refractivity contribution in [3.8, 4) is 0 Å². The number of rotatable bonds is 11. The van der Waals surface area contributed by atoms with Crippen molar-refractivity contribution < 1.29 is 9.59 Å². The van der Waals surface area contributed by atoms with Gasteiger partial charge in [-0.3, -0.25) is 9.59 Å². The molecular formula is C24H31ClN2O2S. The normalized spacial score (nSPS) is 11.7. The van der Waals surface area contributed by atoms with Gasteiger partial charge in [0.25, 0.3) is 0 Å². The number of nitrogens with one attached hydrogen (secondary N) is 1. The van der Waals surface area contributed by atoms with E-state index in [0.29, 0.717) is 36.7 Å². The van der Waals surface area contributed by atoms with Crippen LogP contribution in [-0.4, -0.2) is 35.1 Å². The van der Waals surface area contributed by atoms with Crippen LogP contribution in [0.5, 0.6) is 0 Å². The summed E-state index contributed by atoms with van der Waals surface area (Å²) in [6.07, 6.45) is 1.82. The Morgan fingerprint density at radius 3 is 2.43 bits per heavy atom. The van der Waals surface area contributed by atoms with E-state index in [-0.39, 0.29) is 11.8 Å². The third-order valence-corrected chi connectivity index (χ3v) is 6.20. The monoisotopic (exact) mass is 446 g/mol. The van der Waals surface area contributed by atoms with Gasteiger partial charge in [0.2, 0.25) is 11.8 Å². The van der Waals surface area contributed by atoms with E-state index in [9.17, 15) is 9.59 Å². The van der Waals surface area contributed by atoms with Crippen LogP contribution in [0.4, 0.5) is 0 Å². The predicted octanol–water partition coefficient (Wildman–Crippen LogP) is 5.46. The summed E-state index contributed by atoms with van der Waals surface area (Å²) >= 11 is 7.56. The fourth-order valence-electron chi connectivity index (χ4n) is 3.19. The first-order valence-electron chi connectivity index (χ1n) is 10.5. The zero-order valence-electron chi connectivity index (χ0n) is 18.0. The first kappa shape index (κ1) is 24.3. The lowest BCUT2D eigenvalue weighted by Crippen LogP contribution is -2.49. The van der Waals surface area contributed by atoms with Crippen LogP contribution in [0.1, 0.15) is 44.2 Å². The highest BCUT2D eigenvalue weighted by atomic mass is 35.5. The predicted molar refractivity (Wildman–Crippen MR) is 126 cm³/mol. The Hall–Kier alpha value is -1.98. The Morgan fingerprint density at radius 2 is 1.80 bits per heavy atom. The van der Waals surface area contributed by atoms with E-state index in [1.54, 1.807) is 16.7 Å². The van der Waals surface area contributed by atoms with Crippen molar-refractivity contribution in [1.29, 1.82) is 0 Å². The van der Waals surface area contributed by atoms with Crippen LogP contribution in [0.2, 0.25) is 5.02 Å². The van der Waals surface area contributed by atoms with E-state index in [1.165, 1.54) is 0 Å². The molecule has 4 nitrogen and oxygen atoms in total. The third kappa shape index (κ3) is 7.37. The molecule has 162 valence electrons. The number of benzene rings is 2. The van der Waals surface area contributed by atoms with Gasteiger partial charge in [0.05, 0.1) is 0 Å². The minimum atomic E-state index is -0.468. The summed E-state index contributed by atoms with van der Waals surface area (Å²) in [5.74, 6) is 0.572. The van der Waals surface area contributed by atoms with Gasteiger partial charge in [0, 0.05) is 35.2 Å². The van der Waals surface area contributed by atoms with Crippen molar-refractivity contribution in [3.63, 3.8) is 0 Å². The first-order chi connectivity index (χ1) is 14.5. The summed E-state index contributed by atoms with van der Waals surface area (Å²) in [7, 11) is 0. The Kier molecular flexibility index (Phi) is 10.2. The SMILES string of the molecule is CCCNC(=O)[C@H](CC)N(Cc1ccccc1C)C(=O)CCSc1ccc(Cl)cc1. The van der Waals surface area contributed by atoms with Crippen LogP contribution >= 0.6 is 23.4 Å². The Labute approximate surface area is 189 Å². The fourth-order valence-corrected chi connectivity index (χ4v) is 4.15. The molecule has 0 aromatic heterocycles. The lowest BCUT2D eigenvalue weighted by molar-refractivity contribution is -0.141. The summed E-state index contributed by atoms with van der Waals surface area (Å²) in [5.41, 5.74) is 2.19. The Bertz CT molecular complexity index is 826. The van der Waals surface area contributed by atoms with E-state index >= 15 is 0 Å². The van der Waals surface area contributed by atoms with Crippen molar-refractivity contribution >= 4 is 35.2 Å². The van der Waals surface area contributed by atoms with Gasteiger partial charge in [-0.05, 0) is 55.2 Å². The van der Waals surface area contributed by atoms with Gasteiger partial charge in [-0.1, -0.05) is 49.7 Å². The van der Waals surface area contributed by atoms with Gasteiger partial charge in [-0.2, -0.15) is 0 Å². The molecule has 0 aliphatic rings. The van der Waals surface area contributed by atoms with E-state index < -0.39 is 6.04 Å². The lowest BCUT2D eigenvalue weighted by atomic mass is 10.1.